The molecule has 6 heteroatoms. The van der Waals surface area contributed by atoms with Gasteiger partial charge in [-0.05, 0) is 30.2 Å². The zero-order valence-electron chi connectivity index (χ0n) is 10.6. The van der Waals surface area contributed by atoms with Crippen LogP contribution in [0.4, 0.5) is 0 Å². The van der Waals surface area contributed by atoms with Crippen LogP contribution in [0, 0.1) is 5.92 Å². The highest BCUT2D eigenvalue weighted by molar-refractivity contribution is 7.94. The van der Waals surface area contributed by atoms with Crippen LogP contribution in [0.5, 0.6) is 0 Å². The van der Waals surface area contributed by atoms with Crippen LogP contribution in [0.15, 0.2) is 29.4 Å². The Bertz CT molecular complexity index is 623. The molecule has 0 bridgehead atoms. The van der Waals surface area contributed by atoms with Crippen molar-refractivity contribution in [3.63, 3.8) is 0 Å². The van der Waals surface area contributed by atoms with Crippen LogP contribution in [-0.4, -0.2) is 14.7 Å². The Morgan fingerprint density at radius 2 is 1.95 bits per heavy atom. The lowest BCUT2D eigenvalue weighted by Crippen LogP contribution is -2.20. The van der Waals surface area contributed by atoms with Gasteiger partial charge in [-0.1, -0.05) is 36.2 Å². The number of rotatable bonds is 2. The molecule has 0 N–H and O–H groups in total. The van der Waals surface area contributed by atoms with Crippen LogP contribution >= 0.6 is 23.2 Å². The summed E-state index contributed by atoms with van der Waals surface area (Å²) in [4.78, 5) is 0. The second-order valence-electron chi connectivity index (χ2n) is 4.72. The van der Waals surface area contributed by atoms with E-state index < -0.39 is 9.84 Å². The smallest absolute Gasteiger partial charge is 0.208 e. The van der Waals surface area contributed by atoms with E-state index in [9.17, 15) is 8.42 Å². The summed E-state index contributed by atoms with van der Waals surface area (Å²) in [6.45, 7) is 2.00. The van der Waals surface area contributed by atoms with E-state index in [0.717, 1.165) is 11.8 Å². The number of ether oxygens (including phenoxy) is 1. The Balaban J connectivity index is 2.34. The molecule has 0 amide bonds. The average Bonchev–Trinajstić information content (AvgIpc) is 2.32. The van der Waals surface area contributed by atoms with Gasteiger partial charge in [-0.25, -0.2) is 8.42 Å². The zero-order valence-corrected chi connectivity index (χ0v) is 12.9. The number of halogens is 2. The van der Waals surface area contributed by atoms with Crippen LogP contribution in [-0.2, 0) is 14.6 Å². The zero-order chi connectivity index (χ0) is 14.2. The summed E-state index contributed by atoms with van der Waals surface area (Å²) in [7, 11) is -3.33. The fraction of sp³-hybridized carbons (Fsp3) is 0.385. The molecule has 19 heavy (non-hydrogen) atoms. The van der Waals surface area contributed by atoms with Crippen molar-refractivity contribution in [2.24, 2.45) is 5.92 Å². The molecular formula is C13H14Cl2O3S. The third-order valence-electron chi connectivity index (χ3n) is 3.05. The monoisotopic (exact) mass is 320 g/mol. The largest absolute Gasteiger partial charge is 0.475 e. The first kappa shape index (κ1) is 14.7. The van der Waals surface area contributed by atoms with E-state index in [-0.39, 0.29) is 17.1 Å². The lowest BCUT2D eigenvalue weighted by Gasteiger charge is -2.29. The Morgan fingerprint density at radius 3 is 2.53 bits per heavy atom. The average molecular weight is 321 g/mol. The summed E-state index contributed by atoms with van der Waals surface area (Å²) >= 11 is 11.9. The lowest BCUT2D eigenvalue weighted by atomic mass is 9.93. The number of benzene rings is 1. The second-order valence-corrected chi connectivity index (χ2v) is 7.48. The highest BCUT2D eigenvalue weighted by Crippen LogP contribution is 2.38. The predicted molar refractivity (Wildman–Crippen MR) is 77.0 cm³/mol. The minimum Gasteiger partial charge on any atom is -0.475 e. The van der Waals surface area contributed by atoms with E-state index in [1.807, 2.05) is 6.92 Å². The van der Waals surface area contributed by atoms with Crippen molar-refractivity contribution in [1.29, 1.82) is 0 Å². The van der Waals surface area contributed by atoms with E-state index in [2.05, 4.69) is 0 Å². The van der Waals surface area contributed by atoms with Crippen molar-refractivity contribution < 1.29 is 13.2 Å². The summed E-state index contributed by atoms with van der Waals surface area (Å²) in [6, 6.07) is 5.21. The quantitative estimate of drug-likeness (QED) is 0.827. The van der Waals surface area contributed by atoms with Gasteiger partial charge < -0.3 is 4.74 Å². The van der Waals surface area contributed by atoms with Crippen LogP contribution < -0.4 is 0 Å². The highest BCUT2D eigenvalue weighted by atomic mass is 35.5. The molecule has 1 aromatic carbocycles. The van der Waals surface area contributed by atoms with Gasteiger partial charge in [0, 0.05) is 12.2 Å². The van der Waals surface area contributed by atoms with Gasteiger partial charge in [0.05, 0.1) is 10.0 Å². The Morgan fingerprint density at radius 1 is 1.26 bits per heavy atom. The normalized spacial score (nSPS) is 23.7. The van der Waals surface area contributed by atoms with E-state index in [1.165, 1.54) is 0 Å². The van der Waals surface area contributed by atoms with Crippen molar-refractivity contribution in [1.82, 2.24) is 0 Å². The molecule has 2 rings (SSSR count). The maximum Gasteiger partial charge on any atom is 0.208 e. The van der Waals surface area contributed by atoms with Crippen molar-refractivity contribution in [2.45, 2.75) is 19.4 Å². The molecule has 1 heterocycles. The minimum atomic E-state index is -3.33. The number of sulfone groups is 1. The highest BCUT2D eigenvalue weighted by Gasteiger charge is 2.29. The first-order valence-corrected chi connectivity index (χ1v) is 8.45. The molecule has 2 atom stereocenters. The molecule has 0 saturated carbocycles. The minimum absolute atomic E-state index is 0.0293. The molecule has 0 radical (unpaired) electrons. The van der Waals surface area contributed by atoms with Crippen LogP contribution in [0.2, 0.25) is 10.0 Å². The lowest BCUT2D eigenvalue weighted by molar-refractivity contribution is 0.0702. The fourth-order valence-corrected chi connectivity index (χ4v) is 3.00. The molecule has 0 aliphatic carbocycles. The van der Waals surface area contributed by atoms with E-state index in [1.54, 1.807) is 24.3 Å². The molecule has 0 aromatic heterocycles. The Hall–Kier alpha value is -0.710. The number of allylic oxidation sites excluding steroid dienone is 1. The number of hydrogen-bond acceptors (Lipinski definition) is 3. The molecule has 0 spiro atoms. The SMILES string of the molecule is CC1CC=C(S(C)(=O)=O)OC1c1ccc(Cl)c(Cl)c1. The molecule has 1 aliphatic rings. The van der Waals surface area contributed by atoms with Crippen LogP contribution in [0.1, 0.15) is 25.0 Å². The molecule has 0 saturated heterocycles. The second kappa shape index (κ2) is 5.35. The van der Waals surface area contributed by atoms with Gasteiger partial charge in [0.1, 0.15) is 6.10 Å². The van der Waals surface area contributed by atoms with Gasteiger partial charge in [-0.2, -0.15) is 0 Å². The Labute approximate surface area is 123 Å². The van der Waals surface area contributed by atoms with Crippen molar-refractivity contribution in [3.05, 3.63) is 45.0 Å². The summed E-state index contributed by atoms with van der Waals surface area (Å²) in [5, 5.41) is 0.930. The van der Waals surface area contributed by atoms with E-state index >= 15 is 0 Å². The first-order chi connectivity index (χ1) is 8.79. The first-order valence-electron chi connectivity index (χ1n) is 5.81. The van der Waals surface area contributed by atoms with Gasteiger partial charge in [-0.15, -0.1) is 0 Å². The third kappa shape index (κ3) is 3.25. The summed E-state index contributed by atoms with van der Waals surface area (Å²) in [5.41, 5.74) is 0.830. The standard InChI is InChI=1S/C13H14Cl2O3S/c1-8-3-6-12(19(2,16)17)18-13(8)9-4-5-10(14)11(15)7-9/h4-8,13H,3H2,1-2H3. The summed E-state index contributed by atoms with van der Waals surface area (Å²) in [6.07, 6.45) is 3.08. The molecule has 1 aromatic rings. The summed E-state index contributed by atoms with van der Waals surface area (Å²) in [5.74, 6) is 0.169. The molecule has 3 nitrogen and oxygen atoms in total. The number of hydrogen-bond donors (Lipinski definition) is 0. The topological polar surface area (TPSA) is 43.4 Å². The van der Waals surface area contributed by atoms with Crippen molar-refractivity contribution >= 4 is 33.0 Å². The van der Waals surface area contributed by atoms with Crippen molar-refractivity contribution in [3.8, 4) is 0 Å². The van der Waals surface area contributed by atoms with Gasteiger partial charge >= 0.3 is 0 Å². The Kier molecular flexibility index (Phi) is 4.14. The van der Waals surface area contributed by atoms with Gasteiger partial charge in [-0.3, -0.25) is 0 Å². The molecule has 0 fully saturated rings. The van der Waals surface area contributed by atoms with E-state index in [0.29, 0.717) is 16.5 Å². The van der Waals surface area contributed by atoms with Gasteiger partial charge in [0.2, 0.25) is 14.9 Å². The maximum absolute atomic E-state index is 11.6. The van der Waals surface area contributed by atoms with E-state index in [4.69, 9.17) is 27.9 Å². The molecule has 1 aliphatic heterocycles. The predicted octanol–water partition coefficient (Wildman–Crippen LogP) is 3.98. The molecule has 104 valence electrons. The maximum atomic E-state index is 11.6. The summed E-state index contributed by atoms with van der Waals surface area (Å²) < 4.78 is 28.7. The van der Waals surface area contributed by atoms with Gasteiger partial charge in [0.15, 0.2) is 0 Å². The molecule has 2 unspecified atom stereocenters. The molecular weight excluding hydrogens is 307 g/mol. The van der Waals surface area contributed by atoms with Crippen LogP contribution in [0.25, 0.3) is 0 Å². The fourth-order valence-electron chi connectivity index (χ4n) is 2.02. The van der Waals surface area contributed by atoms with Crippen LogP contribution in [0.3, 0.4) is 0 Å². The van der Waals surface area contributed by atoms with Crippen molar-refractivity contribution in [2.75, 3.05) is 6.26 Å². The third-order valence-corrected chi connectivity index (χ3v) is 4.79. The van der Waals surface area contributed by atoms with Gasteiger partial charge in [0.25, 0.3) is 0 Å².